The summed E-state index contributed by atoms with van der Waals surface area (Å²) in [4.78, 5) is 4.64. The lowest BCUT2D eigenvalue weighted by Crippen LogP contribution is -2.14. The van der Waals surface area contributed by atoms with Crippen LogP contribution in [-0.4, -0.2) is 17.4 Å². The maximum absolute atomic E-state index is 13.1. The number of rotatable bonds is 3. The number of benzene rings is 1. The Kier molecular flexibility index (Phi) is 4.06. The van der Waals surface area contributed by atoms with E-state index in [0.29, 0.717) is 17.0 Å². The van der Waals surface area contributed by atoms with E-state index in [9.17, 15) is 8.42 Å². The molecule has 2 aromatic heterocycles. The minimum absolute atomic E-state index is 0.340. The van der Waals surface area contributed by atoms with Gasteiger partial charge in [0, 0.05) is 22.3 Å². The standard InChI is InChI=1S/C17H17BrN2O2S/c1-4-13-7-11(2)5-6-16(13)23(21,22)20-10-12(3)15-8-14(18)9-19-17(15)20/h5-10H,4H2,1-3H3. The summed E-state index contributed by atoms with van der Waals surface area (Å²) in [5, 5.41) is 0.827. The number of hydrogen-bond donors (Lipinski definition) is 0. The van der Waals surface area contributed by atoms with Crippen LogP contribution in [0.1, 0.15) is 23.6 Å². The zero-order valence-electron chi connectivity index (χ0n) is 13.2. The Morgan fingerprint density at radius 3 is 2.65 bits per heavy atom. The molecule has 0 unspecified atom stereocenters. The van der Waals surface area contributed by atoms with Gasteiger partial charge in [-0.2, -0.15) is 0 Å². The molecule has 0 atom stereocenters. The first kappa shape index (κ1) is 16.2. The summed E-state index contributed by atoms with van der Waals surface area (Å²) in [6.45, 7) is 5.81. The Balaban J connectivity index is 2.30. The molecule has 0 radical (unpaired) electrons. The van der Waals surface area contributed by atoms with Crippen LogP contribution in [0.3, 0.4) is 0 Å². The van der Waals surface area contributed by atoms with Crippen molar-refractivity contribution in [1.29, 1.82) is 0 Å². The Hall–Kier alpha value is -1.66. The van der Waals surface area contributed by atoms with Gasteiger partial charge in [0.05, 0.1) is 4.90 Å². The van der Waals surface area contributed by atoms with Gasteiger partial charge < -0.3 is 0 Å². The van der Waals surface area contributed by atoms with Crippen molar-refractivity contribution >= 4 is 37.0 Å². The largest absolute Gasteiger partial charge is 0.269 e. The SMILES string of the molecule is CCc1cc(C)ccc1S(=O)(=O)n1cc(C)c2cc(Br)cnc21. The molecule has 120 valence electrons. The molecule has 0 N–H and O–H groups in total. The Labute approximate surface area is 144 Å². The molecule has 4 nitrogen and oxygen atoms in total. The van der Waals surface area contributed by atoms with Gasteiger partial charge in [-0.1, -0.05) is 24.6 Å². The van der Waals surface area contributed by atoms with E-state index in [1.807, 2.05) is 39.0 Å². The summed E-state index contributed by atoms with van der Waals surface area (Å²) in [6.07, 6.45) is 3.91. The molecule has 3 aromatic rings. The fraction of sp³-hybridized carbons (Fsp3) is 0.235. The summed E-state index contributed by atoms with van der Waals surface area (Å²) in [5.74, 6) is 0. The molecule has 1 aromatic carbocycles. The second-order valence-corrected chi connectivity index (χ2v) is 8.30. The van der Waals surface area contributed by atoms with Crippen LogP contribution in [0.2, 0.25) is 0 Å². The third-order valence-electron chi connectivity index (χ3n) is 3.91. The first-order valence-corrected chi connectivity index (χ1v) is 9.56. The van der Waals surface area contributed by atoms with Crippen LogP contribution in [0.15, 0.2) is 46.0 Å². The van der Waals surface area contributed by atoms with Crippen LogP contribution in [-0.2, 0) is 16.4 Å². The highest BCUT2D eigenvalue weighted by atomic mass is 79.9. The van der Waals surface area contributed by atoms with Crippen LogP contribution >= 0.6 is 15.9 Å². The maximum atomic E-state index is 13.1. The van der Waals surface area contributed by atoms with E-state index in [-0.39, 0.29) is 0 Å². The molecule has 6 heteroatoms. The van der Waals surface area contributed by atoms with Crippen molar-refractivity contribution in [2.45, 2.75) is 32.1 Å². The summed E-state index contributed by atoms with van der Waals surface area (Å²) in [7, 11) is -3.68. The molecule has 0 amide bonds. The third-order valence-corrected chi connectivity index (χ3v) is 6.10. The maximum Gasteiger partial charge on any atom is 0.269 e. The fourth-order valence-corrected chi connectivity index (χ4v) is 4.72. The number of pyridine rings is 1. The first-order valence-electron chi connectivity index (χ1n) is 7.33. The molecule has 2 heterocycles. The van der Waals surface area contributed by atoms with E-state index in [2.05, 4.69) is 20.9 Å². The van der Waals surface area contributed by atoms with Crippen LogP contribution in [0.5, 0.6) is 0 Å². The van der Waals surface area contributed by atoms with Gasteiger partial charge in [-0.15, -0.1) is 0 Å². The van der Waals surface area contributed by atoms with E-state index < -0.39 is 10.0 Å². The molecule has 0 saturated carbocycles. The van der Waals surface area contributed by atoms with Crippen molar-refractivity contribution in [3.63, 3.8) is 0 Å². The molecule has 0 spiro atoms. The molecule has 0 aliphatic heterocycles. The highest BCUT2D eigenvalue weighted by Gasteiger charge is 2.23. The summed E-state index contributed by atoms with van der Waals surface area (Å²) >= 11 is 3.38. The lowest BCUT2D eigenvalue weighted by molar-refractivity contribution is 0.587. The monoisotopic (exact) mass is 392 g/mol. The Morgan fingerprint density at radius 1 is 1.22 bits per heavy atom. The summed E-state index contributed by atoms with van der Waals surface area (Å²) in [6, 6.07) is 7.33. The topological polar surface area (TPSA) is 52.0 Å². The Bertz CT molecular complexity index is 1010. The number of fused-ring (bicyclic) bond motifs is 1. The van der Waals surface area contributed by atoms with Crippen LogP contribution in [0.4, 0.5) is 0 Å². The van der Waals surface area contributed by atoms with E-state index in [0.717, 1.165) is 26.5 Å². The number of nitrogens with zero attached hydrogens (tertiary/aromatic N) is 2. The van der Waals surface area contributed by atoms with Crippen LogP contribution in [0.25, 0.3) is 11.0 Å². The minimum atomic E-state index is -3.68. The van der Waals surface area contributed by atoms with Gasteiger partial charge >= 0.3 is 0 Å². The molecule has 0 saturated heterocycles. The van der Waals surface area contributed by atoms with Gasteiger partial charge in [0.1, 0.15) is 0 Å². The van der Waals surface area contributed by atoms with Crippen molar-refractivity contribution < 1.29 is 8.42 Å². The first-order chi connectivity index (χ1) is 10.8. The molecule has 0 aliphatic rings. The third kappa shape index (κ3) is 2.70. The zero-order chi connectivity index (χ0) is 16.8. The van der Waals surface area contributed by atoms with E-state index in [1.165, 1.54) is 3.97 Å². The van der Waals surface area contributed by atoms with Crippen molar-refractivity contribution in [3.05, 3.63) is 57.8 Å². The molecule has 23 heavy (non-hydrogen) atoms. The molecular weight excluding hydrogens is 376 g/mol. The molecule has 0 fully saturated rings. The van der Waals surface area contributed by atoms with Gasteiger partial charge in [0.25, 0.3) is 10.0 Å². The number of aryl methyl sites for hydroxylation is 3. The van der Waals surface area contributed by atoms with Gasteiger partial charge in [-0.3, -0.25) is 0 Å². The van der Waals surface area contributed by atoms with E-state index >= 15 is 0 Å². The number of hydrogen-bond acceptors (Lipinski definition) is 3. The van der Waals surface area contributed by atoms with Crippen LogP contribution in [0, 0.1) is 13.8 Å². The van der Waals surface area contributed by atoms with Crippen molar-refractivity contribution in [2.24, 2.45) is 0 Å². The van der Waals surface area contributed by atoms with Gasteiger partial charge in [-0.05, 0) is 59.5 Å². The van der Waals surface area contributed by atoms with Gasteiger partial charge in [-0.25, -0.2) is 17.4 Å². The van der Waals surface area contributed by atoms with Crippen molar-refractivity contribution in [1.82, 2.24) is 8.96 Å². The highest BCUT2D eigenvalue weighted by molar-refractivity contribution is 9.10. The van der Waals surface area contributed by atoms with Gasteiger partial charge in [0.15, 0.2) is 5.65 Å². The van der Waals surface area contributed by atoms with E-state index in [1.54, 1.807) is 18.5 Å². The zero-order valence-corrected chi connectivity index (χ0v) is 15.6. The van der Waals surface area contributed by atoms with Crippen LogP contribution < -0.4 is 0 Å². The molecule has 0 aliphatic carbocycles. The van der Waals surface area contributed by atoms with Crippen molar-refractivity contribution in [3.8, 4) is 0 Å². The van der Waals surface area contributed by atoms with Gasteiger partial charge in [0.2, 0.25) is 0 Å². The molecular formula is C17H17BrN2O2S. The summed E-state index contributed by atoms with van der Waals surface area (Å²) < 4.78 is 28.4. The normalized spacial score (nSPS) is 12.0. The minimum Gasteiger partial charge on any atom is -0.236 e. The second kappa shape index (κ2) is 5.76. The predicted molar refractivity (Wildman–Crippen MR) is 95.3 cm³/mol. The lowest BCUT2D eigenvalue weighted by Gasteiger charge is -2.11. The lowest BCUT2D eigenvalue weighted by atomic mass is 10.1. The smallest absolute Gasteiger partial charge is 0.236 e. The highest BCUT2D eigenvalue weighted by Crippen LogP contribution is 2.28. The summed E-state index contributed by atoms with van der Waals surface area (Å²) in [5.41, 5.74) is 3.20. The number of aromatic nitrogens is 2. The number of halogens is 1. The Morgan fingerprint density at radius 2 is 1.96 bits per heavy atom. The molecule has 3 rings (SSSR count). The second-order valence-electron chi connectivity index (χ2n) is 5.60. The fourth-order valence-electron chi connectivity index (χ4n) is 2.73. The average Bonchev–Trinajstić information content (AvgIpc) is 2.84. The predicted octanol–water partition coefficient (Wildman–Crippen LogP) is 4.22. The van der Waals surface area contributed by atoms with Crippen molar-refractivity contribution in [2.75, 3.05) is 0 Å². The molecule has 0 bridgehead atoms. The average molecular weight is 393 g/mol. The van der Waals surface area contributed by atoms with E-state index in [4.69, 9.17) is 0 Å². The quantitative estimate of drug-likeness (QED) is 0.670.